The average molecular weight is 321 g/mol. The number of carbonyl (C=O) groups excluding carboxylic acids is 3. The van der Waals surface area contributed by atoms with E-state index in [2.05, 4.69) is 10.6 Å². The van der Waals surface area contributed by atoms with Crippen molar-refractivity contribution in [2.24, 2.45) is 5.73 Å². The number of carbonyl (C=O) groups is 4. The van der Waals surface area contributed by atoms with Crippen LogP contribution in [0.15, 0.2) is 18.2 Å². The van der Waals surface area contributed by atoms with Crippen LogP contribution in [0.2, 0.25) is 0 Å². The van der Waals surface area contributed by atoms with Gasteiger partial charge in [0.2, 0.25) is 11.8 Å². The monoisotopic (exact) mass is 321 g/mol. The van der Waals surface area contributed by atoms with Gasteiger partial charge in [0.25, 0.3) is 0 Å². The minimum Gasteiger partial charge on any atom is -0.480 e. The lowest BCUT2D eigenvalue weighted by Crippen LogP contribution is -2.30. The lowest BCUT2D eigenvalue weighted by Gasteiger charge is -2.12. The van der Waals surface area contributed by atoms with Crippen molar-refractivity contribution in [3.05, 3.63) is 23.8 Å². The molecule has 2 amide bonds. The van der Waals surface area contributed by atoms with E-state index in [4.69, 9.17) is 10.8 Å². The van der Waals surface area contributed by atoms with E-state index in [0.29, 0.717) is 5.69 Å². The first-order valence-electron chi connectivity index (χ1n) is 6.91. The van der Waals surface area contributed by atoms with E-state index < -0.39 is 12.0 Å². The molecule has 0 aliphatic heterocycles. The summed E-state index contributed by atoms with van der Waals surface area (Å²) in [4.78, 5) is 45.2. The Morgan fingerprint density at radius 1 is 1.13 bits per heavy atom. The molecule has 0 bridgehead atoms. The highest BCUT2D eigenvalue weighted by molar-refractivity contribution is 6.05. The second kappa shape index (κ2) is 8.04. The van der Waals surface area contributed by atoms with Crippen LogP contribution >= 0.6 is 0 Å². The van der Waals surface area contributed by atoms with Crippen molar-refractivity contribution in [1.82, 2.24) is 0 Å². The van der Waals surface area contributed by atoms with Crippen LogP contribution in [0.3, 0.4) is 0 Å². The molecule has 0 aliphatic rings. The zero-order chi connectivity index (χ0) is 17.6. The fourth-order valence-corrected chi connectivity index (χ4v) is 1.91. The number of hydrogen-bond acceptors (Lipinski definition) is 5. The van der Waals surface area contributed by atoms with Crippen molar-refractivity contribution in [3.8, 4) is 0 Å². The summed E-state index contributed by atoms with van der Waals surface area (Å²) in [5, 5.41) is 13.8. The quantitative estimate of drug-likeness (QED) is 0.552. The Hall–Kier alpha value is -2.74. The maximum absolute atomic E-state index is 12.2. The maximum Gasteiger partial charge on any atom is 0.320 e. The standard InChI is InChI=1S/C15H19N3O5/c1-8(19)17-10-3-4-11(13(7-10)18-9(2)20)14(21)6-5-12(16)15(22)23/h3-4,7,12H,5-6,16H2,1-2H3,(H,17,19)(H,18,20)(H,22,23). The molecule has 0 fully saturated rings. The summed E-state index contributed by atoms with van der Waals surface area (Å²) in [7, 11) is 0. The van der Waals surface area contributed by atoms with Crippen molar-refractivity contribution < 1.29 is 24.3 Å². The summed E-state index contributed by atoms with van der Waals surface area (Å²) < 4.78 is 0. The maximum atomic E-state index is 12.2. The number of hydrogen-bond donors (Lipinski definition) is 4. The van der Waals surface area contributed by atoms with Crippen LogP contribution in [0.5, 0.6) is 0 Å². The van der Waals surface area contributed by atoms with Crippen LogP contribution < -0.4 is 16.4 Å². The molecule has 0 saturated heterocycles. The van der Waals surface area contributed by atoms with Crippen LogP contribution in [0.1, 0.15) is 37.0 Å². The van der Waals surface area contributed by atoms with Gasteiger partial charge in [0.1, 0.15) is 6.04 Å². The largest absolute Gasteiger partial charge is 0.480 e. The topological polar surface area (TPSA) is 139 Å². The fraction of sp³-hybridized carbons (Fsp3) is 0.333. The molecule has 0 heterocycles. The molecular weight excluding hydrogens is 302 g/mol. The number of nitrogens with two attached hydrogens (primary N) is 1. The first-order chi connectivity index (χ1) is 10.7. The minimum atomic E-state index is -1.18. The van der Waals surface area contributed by atoms with Gasteiger partial charge in [-0.1, -0.05) is 0 Å². The van der Waals surface area contributed by atoms with Gasteiger partial charge in [-0.3, -0.25) is 19.2 Å². The third kappa shape index (κ3) is 5.87. The van der Waals surface area contributed by atoms with E-state index in [1.165, 1.54) is 32.0 Å². The van der Waals surface area contributed by atoms with Gasteiger partial charge >= 0.3 is 5.97 Å². The van der Waals surface area contributed by atoms with Gasteiger partial charge < -0.3 is 21.5 Å². The number of anilines is 2. The van der Waals surface area contributed by atoms with Crippen LogP contribution in [-0.2, 0) is 14.4 Å². The fourth-order valence-electron chi connectivity index (χ4n) is 1.91. The van der Waals surface area contributed by atoms with Gasteiger partial charge in [-0.15, -0.1) is 0 Å². The Bertz CT molecular complexity index is 642. The Morgan fingerprint density at radius 2 is 1.74 bits per heavy atom. The van der Waals surface area contributed by atoms with Gasteiger partial charge in [-0.05, 0) is 24.6 Å². The molecule has 0 radical (unpaired) electrons. The number of nitrogens with one attached hydrogen (secondary N) is 2. The van der Waals surface area contributed by atoms with E-state index in [-0.39, 0.29) is 41.7 Å². The van der Waals surface area contributed by atoms with Crippen LogP contribution in [-0.4, -0.2) is 34.7 Å². The summed E-state index contributed by atoms with van der Waals surface area (Å²) in [5.41, 5.74) is 6.28. The molecule has 1 aromatic carbocycles. The van der Waals surface area contributed by atoms with E-state index >= 15 is 0 Å². The van der Waals surface area contributed by atoms with E-state index in [9.17, 15) is 19.2 Å². The van der Waals surface area contributed by atoms with Crippen LogP contribution in [0.25, 0.3) is 0 Å². The number of benzene rings is 1. The van der Waals surface area contributed by atoms with Gasteiger partial charge in [-0.2, -0.15) is 0 Å². The summed E-state index contributed by atoms with van der Waals surface area (Å²) in [6, 6.07) is 3.33. The zero-order valence-electron chi connectivity index (χ0n) is 12.9. The van der Waals surface area contributed by atoms with Crippen LogP contribution in [0, 0.1) is 0 Å². The molecule has 0 aliphatic carbocycles. The minimum absolute atomic E-state index is 0.0128. The molecule has 8 heteroatoms. The van der Waals surface area contributed by atoms with E-state index in [0.717, 1.165) is 0 Å². The molecule has 1 rings (SSSR count). The molecule has 124 valence electrons. The van der Waals surface area contributed by atoms with Crippen molar-refractivity contribution in [2.45, 2.75) is 32.7 Å². The highest BCUT2D eigenvalue weighted by Gasteiger charge is 2.17. The molecule has 8 nitrogen and oxygen atoms in total. The van der Waals surface area contributed by atoms with Crippen molar-refractivity contribution in [2.75, 3.05) is 10.6 Å². The number of rotatable bonds is 7. The summed E-state index contributed by atoms with van der Waals surface area (Å²) in [6.07, 6.45) is -0.0827. The number of carboxylic acids is 1. The third-order valence-corrected chi connectivity index (χ3v) is 2.95. The van der Waals surface area contributed by atoms with Crippen molar-refractivity contribution >= 4 is 34.9 Å². The zero-order valence-corrected chi connectivity index (χ0v) is 12.9. The van der Waals surface area contributed by atoms with E-state index in [1.54, 1.807) is 0 Å². The Balaban J connectivity index is 2.98. The number of Topliss-reactive ketones (excluding diaryl/α,β-unsaturated/α-hetero) is 1. The predicted octanol–water partition coefficient (Wildman–Crippen LogP) is 0.978. The smallest absolute Gasteiger partial charge is 0.320 e. The van der Waals surface area contributed by atoms with Gasteiger partial charge in [-0.25, -0.2) is 0 Å². The highest BCUT2D eigenvalue weighted by atomic mass is 16.4. The molecule has 23 heavy (non-hydrogen) atoms. The molecule has 1 atom stereocenters. The lowest BCUT2D eigenvalue weighted by molar-refractivity contribution is -0.138. The van der Waals surface area contributed by atoms with Gasteiger partial charge in [0.15, 0.2) is 5.78 Å². The molecule has 0 saturated carbocycles. The third-order valence-electron chi connectivity index (χ3n) is 2.95. The number of carboxylic acid groups (broad SMARTS) is 1. The molecule has 0 aromatic heterocycles. The van der Waals surface area contributed by atoms with E-state index in [1.807, 2.05) is 0 Å². The summed E-state index contributed by atoms with van der Waals surface area (Å²) >= 11 is 0. The Labute approximate surface area is 133 Å². The van der Waals surface area contributed by atoms with Gasteiger partial charge in [0, 0.05) is 31.5 Å². The molecular formula is C15H19N3O5. The average Bonchev–Trinajstić information content (AvgIpc) is 2.43. The molecule has 5 N–H and O–H groups in total. The number of aliphatic carboxylic acids is 1. The van der Waals surface area contributed by atoms with Crippen molar-refractivity contribution in [1.29, 1.82) is 0 Å². The Kier molecular flexibility index (Phi) is 6.40. The molecule has 1 unspecified atom stereocenters. The van der Waals surface area contributed by atoms with Gasteiger partial charge in [0.05, 0.1) is 5.69 Å². The number of ketones is 1. The number of amides is 2. The predicted molar refractivity (Wildman–Crippen MR) is 84.2 cm³/mol. The SMILES string of the molecule is CC(=O)Nc1ccc(C(=O)CCC(N)C(=O)O)c(NC(C)=O)c1. The lowest BCUT2D eigenvalue weighted by atomic mass is 10.0. The first kappa shape index (κ1) is 18.3. The second-order valence-electron chi connectivity index (χ2n) is 5.03. The summed E-state index contributed by atoms with van der Waals surface area (Å²) in [5.74, 6) is -2.19. The van der Waals surface area contributed by atoms with Crippen LogP contribution in [0.4, 0.5) is 11.4 Å². The molecule has 0 spiro atoms. The van der Waals surface area contributed by atoms with Crippen molar-refractivity contribution in [3.63, 3.8) is 0 Å². The summed E-state index contributed by atoms with van der Waals surface area (Å²) in [6.45, 7) is 2.63. The Morgan fingerprint density at radius 3 is 2.26 bits per heavy atom. The first-order valence-corrected chi connectivity index (χ1v) is 6.91. The normalized spacial score (nSPS) is 11.4. The second-order valence-corrected chi connectivity index (χ2v) is 5.03. The highest BCUT2D eigenvalue weighted by Crippen LogP contribution is 2.23. The molecule has 1 aromatic rings.